The lowest BCUT2D eigenvalue weighted by atomic mass is 9.92. The molecule has 3 heterocycles. The van der Waals surface area contributed by atoms with Gasteiger partial charge < -0.3 is 9.80 Å². The molecule has 1 aromatic carbocycles. The van der Waals surface area contributed by atoms with Crippen molar-refractivity contribution in [3.05, 3.63) is 35.6 Å². The van der Waals surface area contributed by atoms with Crippen molar-refractivity contribution in [1.82, 2.24) is 14.7 Å². The number of carbonyl (C=O) groups is 2. The van der Waals surface area contributed by atoms with Gasteiger partial charge >= 0.3 is 0 Å². The van der Waals surface area contributed by atoms with E-state index in [1.54, 1.807) is 12.1 Å². The van der Waals surface area contributed by atoms with Crippen LogP contribution in [0.1, 0.15) is 48.9 Å². The topological polar surface area (TPSA) is 43.9 Å². The average Bonchev–Trinajstić information content (AvgIpc) is 3.28. The van der Waals surface area contributed by atoms with Crippen LogP contribution in [0.25, 0.3) is 0 Å². The van der Waals surface area contributed by atoms with Crippen molar-refractivity contribution in [2.24, 2.45) is 5.92 Å². The quantitative estimate of drug-likeness (QED) is 0.801. The van der Waals surface area contributed by atoms with Gasteiger partial charge in [0.25, 0.3) is 5.91 Å². The summed E-state index contributed by atoms with van der Waals surface area (Å²) >= 11 is 0. The zero-order valence-corrected chi connectivity index (χ0v) is 16.5. The molecular weight excluding hydrogens is 357 g/mol. The first kappa shape index (κ1) is 19.4. The minimum atomic E-state index is -0.372. The van der Waals surface area contributed by atoms with Crippen LogP contribution in [0, 0.1) is 11.7 Å². The monoisotopic (exact) mass is 387 g/mol. The van der Waals surface area contributed by atoms with Gasteiger partial charge in [-0.2, -0.15) is 0 Å². The van der Waals surface area contributed by atoms with Crippen LogP contribution >= 0.6 is 0 Å². The number of piperidine rings is 2. The predicted molar refractivity (Wildman–Crippen MR) is 105 cm³/mol. The molecule has 0 radical (unpaired) electrons. The lowest BCUT2D eigenvalue weighted by Crippen LogP contribution is -2.51. The van der Waals surface area contributed by atoms with Gasteiger partial charge in [0, 0.05) is 44.3 Å². The van der Waals surface area contributed by atoms with E-state index in [0.29, 0.717) is 30.6 Å². The summed E-state index contributed by atoms with van der Waals surface area (Å²) in [6.07, 6.45) is 6.20. The molecule has 3 aliphatic rings. The third kappa shape index (κ3) is 4.22. The van der Waals surface area contributed by atoms with Crippen molar-refractivity contribution in [2.75, 3.05) is 39.3 Å². The summed E-state index contributed by atoms with van der Waals surface area (Å²) in [7, 11) is 0. The number of halogens is 1. The van der Waals surface area contributed by atoms with E-state index in [4.69, 9.17) is 0 Å². The molecule has 1 unspecified atom stereocenters. The first-order chi connectivity index (χ1) is 13.6. The fourth-order valence-electron chi connectivity index (χ4n) is 4.97. The summed E-state index contributed by atoms with van der Waals surface area (Å²) < 4.78 is 13.4. The number of amides is 2. The van der Waals surface area contributed by atoms with E-state index < -0.39 is 0 Å². The zero-order valence-electron chi connectivity index (χ0n) is 16.5. The highest BCUT2D eigenvalue weighted by Crippen LogP contribution is 2.26. The Bertz CT molecular complexity index is 711. The van der Waals surface area contributed by atoms with Crippen LogP contribution in [-0.2, 0) is 4.79 Å². The number of likely N-dealkylation sites (tertiary alicyclic amines) is 3. The Morgan fingerprint density at radius 3 is 2.36 bits per heavy atom. The SMILES string of the molecule is O=C(c1cccc(F)c1)N1CCC(N2CCCC(C(=O)N3CCCC3)C2)CC1. The van der Waals surface area contributed by atoms with Gasteiger partial charge in [0.1, 0.15) is 5.82 Å². The van der Waals surface area contributed by atoms with Crippen LogP contribution in [0.2, 0.25) is 0 Å². The highest BCUT2D eigenvalue weighted by atomic mass is 19.1. The molecule has 0 N–H and O–H groups in total. The fraction of sp³-hybridized carbons (Fsp3) is 0.636. The van der Waals surface area contributed by atoms with E-state index in [0.717, 1.165) is 64.7 Å². The maximum Gasteiger partial charge on any atom is 0.253 e. The molecule has 3 fully saturated rings. The number of benzene rings is 1. The van der Waals surface area contributed by atoms with Gasteiger partial charge in [0.2, 0.25) is 5.91 Å². The van der Waals surface area contributed by atoms with Gasteiger partial charge in [-0.05, 0) is 63.3 Å². The molecule has 0 spiro atoms. The van der Waals surface area contributed by atoms with E-state index in [1.165, 1.54) is 12.1 Å². The normalized spacial score (nSPS) is 24.5. The maximum absolute atomic E-state index is 13.4. The fourth-order valence-corrected chi connectivity index (χ4v) is 4.97. The van der Waals surface area contributed by atoms with Gasteiger partial charge in [-0.3, -0.25) is 14.5 Å². The third-order valence-corrected chi connectivity index (χ3v) is 6.56. The minimum absolute atomic E-state index is 0.0846. The van der Waals surface area contributed by atoms with Crippen molar-refractivity contribution in [3.63, 3.8) is 0 Å². The molecule has 2 amide bonds. The molecule has 4 rings (SSSR count). The Labute approximate surface area is 166 Å². The van der Waals surface area contributed by atoms with Gasteiger partial charge in [0.05, 0.1) is 5.92 Å². The molecule has 6 heteroatoms. The Morgan fingerprint density at radius 2 is 1.64 bits per heavy atom. The first-order valence-electron chi connectivity index (χ1n) is 10.7. The lowest BCUT2D eigenvalue weighted by molar-refractivity contribution is -0.136. The number of carbonyl (C=O) groups excluding carboxylic acids is 2. The predicted octanol–water partition coefficient (Wildman–Crippen LogP) is 2.76. The van der Waals surface area contributed by atoms with Crippen LogP contribution in [-0.4, -0.2) is 71.8 Å². The lowest BCUT2D eigenvalue weighted by Gasteiger charge is -2.42. The van der Waals surface area contributed by atoms with Crippen LogP contribution < -0.4 is 0 Å². The second-order valence-corrected chi connectivity index (χ2v) is 8.40. The number of hydrogen-bond acceptors (Lipinski definition) is 3. The summed E-state index contributed by atoms with van der Waals surface area (Å²) in [4.78, 5) is 31.8. The Hall–Kier alpha value is -1.95. The van der Waals surface area contributed by atoms with Gasteiger partial charge in [-0.25, -0.2) is 4.39 Å². The average molecular weight is 387 g/mol. The third-order valence-electron chi connectivity index (χ3n) is 6.56. The van der Waals surface area contributed by atoms with Crippen molar-refractivity contribution in [2.45, 2.75) is 44.6 Å². The van der Waals surface area contributed by atoms with Crippen molar-refractivity contribution in [3.8, 4) is 0 Å². The molecular formula is C22H30FN3O2. The van der Waals surface area contributed by atoms with E-state index in [9.17, 15) is 14.0 Å². The molecule has 5 nitrogen and oxygen atoms in total. The zero-order chi connectivity index (χ0) is 19.5. The molecule has 152 valence electrons. The smallest absolute Gasteiger partial charge is 0.253 e. The number of rotatable bonds is 3. The minimum Gasteiger partial charge on any atom is -0.342 e. The van der Waals surface area contributed by atoms with Crippen LogP contribution in [0.3, 0.4) is 0 Å². The van der Waals surface area contributed by atoms with Crippen molar-refractivity contribution < 1.29 is 14.0 Å². The second-order valence-electron chi connectivity index (χ2n) is 8.40. The van der Waals surface area contributed by atoms with E-state index in [1.807, 2.05) is 4.90 Å². The van der Waals surface area contributed by atoms with Gasteiger partial charge in [-0.1, -0.05) is 6.07 Å². The van der Waals surface area contributed by atoms with Crippen molar-refractivity contribution >= 4 is 11.8 Å². The molecule has 0 aliphatic carbocycles. The first-order valence-corrected chi connectivity index (χ1v) is 10.7. The molecule has 3 aliphatic heterocycles. The molecule has 0 saturated carbocycles. The second kappa shape index (κ2) is 8.60. The van der Waals surface area contributed by atoms with E-state index in [-0.39, 0.29) is 17.6 Å². The van der Waals surface area contributed by atoms with Gasteiger partial charge in [0.15, 0.2) is 0 Å². The Morgan fingerprint density at radius 1 is 0.893 bits per heavy atom. The molecule has 3 saturated heterocycles. The molecule has 1 atom stereocenters. The number of nitrogens with zero attached hydrogens (tertiary/aromatic N) is 3. The molecule has 0 bridgehead atoms. The Kier molecular flexibility index (Phi) is 5.95. The highest BCUT2D eigenvalue weighted by Gasteiger charge is 2.34. The van der Waals surface area contributed by atoms with Crippen LogP contribution in [0.15, 0.2) is 24.3 Å². The van der Waals surface area contributed by atoms with Gasteiger partial charge in [-0.15, -0.1) is 0 Å². The largest absolute Gasteiger partial charge is 0.342 e. The summed E-state index contributed by atoms with van der Waals surface area (Å²) in [5.74, 6) is 0.0289. The van der Waals surface area contributed by atoms with E-state index in [2.05, 4.69) is 9.80 Å². The van der Waals surface area contributed by atoms with Crippen molar-refractivity contribution in [1.29, 1.82) is 0 Å². The number of hydrogen-bond donors (Lipinski definition) is 0. The Balaban J connectivity index is 1.30. The summed E-state index contributed by atoms with van der Waals surface area (Å²) in [5, 5.41) is 0. The van der Waals surface area contributed by atoms with Crippen LogP contribution in [0.5, 0.6) is 0 Å². The maximum atomic E-state index is 13.4. The summed E-state index contributed by atoms with van der Waals surface area (Å²) in [5.41, 5.74) is 0.424. The molecule has 0 aromatic heterocycles. The summed E-state index contributed by atoms with van der Waals surface area (Å²) in [6.45, 7) is 5.15. The highest BCUT2D eigenvalue weighted by molar-refractivity contribution is 5.94. The van der Waals surface area contributed by atoms with E-state index >= 15 is 0 Å². The standard InChI is InChI=1S/C22H30FN3O2/c23-19-7-3-5-17(15-19)21(27)25-13-8-20(9-14-25)26-12-4-6-18(16-26)22(28)24-10-1-2-11-24/h3,5,7,15,18,20H,1-2,4,6,8-14,16H2. The molecule has 28 heavy (non-hydrogen) atoms. The summed E-state index contributed by atoms with van der Waals surface area (Å²) in [6, 6.07) is 6.37. The molecule has 1 aromatic rings. The van der Waals surface area contributed by atoms with Crippen LogP contribution in [0.4, 0.5) is 4.39 Å².